The number of anilines is 1. The molecule has 1 aromatic rings. The summed E-state index contributed by atoms with van der Waals surface area (Å²) >= 11 is 8.78. The van der Waals surface area contributed by atoms with Gasteiger partial charge in [-0.15, -0.1) is 0 Å². The van der Waals surface area contributed by atoms with Crippen molar-refractivity contribution in [1.29, 1.82) is 0 Å². The second-order valence-corrected chi connectivity index (χ2v) is 5.89. The number of carbonyl (C=O) groups is 1. The zero-order chi connectivity index (χ0) is 12.3. The second kappa shape index (κ2) is 5.03. The van der Waals surface area contributed by atoms with Gasteiger partial charge in [-0.05, 0) is 34.1 Å². The molecule has 1 rings (SSSR count). The summed E-state index contributed by atoms with van der Waals surface area (Å²) in [7, 11) is -3.89. The monoisotopic (exact) mass is 327 g/mol. The smallest absolute Gasteiger partial charge is 0.320 e. The van der Waals surface area contributed by atoms with Gasteiger partial charge >= 0.3 is 5.97 Å². The summed E-state index contributed by atoms with van der Waals surface area (Å²) in [6, 6.07) is 4.43. The van der Waals surface area contributed by atoms with E-state index in [1.165, 1.54) is 18.2 Å². The fourth-order valence-electron chi connectivity index (χ4n) is 0.938. The Morgan fingerprint density at radius 1 is 1.50 bits per heavy atom. The van der Waals surface area contributed by atoms with Gasteiger partial charge in [0.25, 0.3) is 0 Å². The largest absolute Gasteiger partial charge is 0.480 e. The minimum Gasteiger partial charge on any atom is -0.480 e. The van der Waals surface area contributed by atoms with Crippen molar-refractivity contribution in [3.05, 3.63) is 27.7 Å². The molecule has 88 valence electrons. The second-order valence-electron chi connectivity index (χ2n) is 2.88. The summed E-state index contributed by atoms with van der Waals surface area (Å²) in [5.41, 5.74) is 0.241. The van der Waals surface area contributed by atoms with Crippen molar-refractivity contribution >= 4 is 49.2 Å². The van der Waals surface area contributed by atoms with Crippen LogP contribution in [0.25, 0.3) is 0 Å². The minimum atomic E-state index is -3.89. The van der Waals surface area contributed by atoms with Gasteiger partial charge in [0.2, 0.25) is 10.0 Å². The predicted molar refractivity (Wildman–Crippen MR) is 64.2 cm³/mol. The summed E-state index contributed by atoms with van der Waals surface area (Å²) in [5.74, 6) is -2.40. The lowest BCUT2D eigenvalue weighted by molar-refractivity contribution is -0.134. The van der Waals surface area contributed by atoms with Gasteiger partial charge in [-0.1, -0.05) is 11.6 Å². The first-order valence-corrected chi connectivity index (χ1v) is 6.80. The summed E-state index contributed by atoms with van der Waals surface area (Å²) < 4.78 is 25.2. The number of halogens is 2. The van der Waals surface area contributed by atoms with Crippen molar-refractivity contribution in [1.82, 2.24) is 0 Å². The van der Waals surface area contributed by atoms with Crippen LogP contribution in [0.2, 0.25) is 5.02 Å². The average Bonchev–Trinajstić information content (AvgIpc) is 2.07. The molecule has 8 heteroatoms. The minimum absolute atomic E-state index is 0.241. The molecular weight excluding hydrogens is 322 g/mol. The molecule has 2 N–H and O–H groups in total. The zero-order valence-corrected chi connectivity index (χ0v) is 10.9. The lowest BCUT2D eigenvalue weighted by Crippen LogP contribution is -2.22. The molecule has 1 aromatic carbocycles. The molecule has 0 spiro atoms. The van der Waals surface area contributed by atoms with E-state index in [2.05, 4.69) is 20.7 Å². The number of carboxylic acid groups (broad SMARTS) is 1. The Labute approximate surface area is 106 Å². The maximum absolute atomic E-state index is 11.3. The van der Waals surface area contributed by atoms with Crippen molar-refractivity contribution in [2.75, 3.05) is 10.5 Å². The summed E-state index contributed by atoms with van der Waals surface area (Å²) in [5, 5.41) is 8.83. The normalized spacial score (nSPS) is 11.1. The molecule has 0 heterocycles. The molecule has 0 bridgehead atoms. The van der Waals surface area contributed by atoms with E-state index in [0.717, 1.165) is 0 Å². The molecule has 5 nitrogen and oxygen atoms in total. The van der Waals surface area contributed by atoms with Gasteiger partial charge < -0.3 is 5.11 Å². The van der Waals surface area contributed by atoms with Gasteiger partial charge in [-0.3, -0.25) is 9.52 Å². The number of rotatable bonds is 4. The van der Waals surface area contributed by atoms with Crippen LogP contribution in [0.15, 0.2) is 22.7 Å². The van der Waals surface area contributed by atoms with Crippen molar-refractivity contribution in [2.45, 2.75) is 0 Å². The maximum Gasteiger partial charge on any atom is 0.320 e. The van der Waals surface area contributed by atoms with Crippen molar-refractivity contribution in [3.8, 4) is 0 Å². The Hall–Kier alpha value is -0.790. The van der Waals surface area contributed by atoms with Crippen LogP contribution in [0, 0.1) is 0 Å². The van der Waals surface area contributed by atoms with Crippen molar-refractivity contribution in [2.24, 2.45) is 0 Å². The van der Waals surface area contributed by atoms with Gasteiger partial charge in [0, 0.05) is 9.50 Å². The lowest BCUT2D eigenvalue weighted by atomic mass is 10.3. The maximum atomic E-state index is 11.3. The van der Waals surface area contributed by atoms with E-state index >= 15 is 0 Å². The number of hydrogen-bond donors (Lipinski definition) is 2. The molecule has 0 unspecified atom stereocenters. The average molecular weight is 329 g/mol. The third-order valence-electron chi connectivity index (χ3n) is 1.51. The molecule has 0 saturated carbocycles. The fraction of sp³-hybridized carbons (Fsp3) is 0.125. The van der Waals surface area contributed by atoms with Crippen molar-refractivity contribution in [3.63, 3.8) is 0 Å². The SMILES string of the molecule is O=C(O)CS(=O)(=O)Nc1ccc(Cl)cc1Br. The van der Waals surface area contributed by atoms with Crippen LogP contribution in [-0.2, 0) is 14.8 Å². The Morgan fingerprint density at radius 3 is 2.62 bits per heavy atom. The Bertz CT molecular complexity index is 517. The molecule has 0 fully saturated rings. The molecule has 0 aliphatic heterocycles. The Kier molecular flexibility index (Phi) is 4.17. The van der Waals surface area contributed by atoms with Gasteiger partial charge in [0.05, 0.1) is 5.69 Å². The Balaban J connectivity index is 2.92. The molecule has 0 saturated heterocycles. The van der Waals surface area contributed by atoms with Crippen LogP contribution in [0.1, 0.15) is 0 Å². The van der Waals surface area contributed by atoms with E-state index in [9.17, 15) is 13.2 Å². The molecule has 0 aromatic heterocycles. The van der Waals surface area contributed by atoms with E-state index in [0.29, 0.717) is 9.50 Å². The van der Waals surface area contributed by atoms with E-state index in [4.69, 9.17) is 16.7 Å². The molecular formula is C8H7BrClNO4S. The van der Waals surface area contributed by atoms with Gasteiger partial charge in [0.1, 0.15) is 0 Å². The van der Waals surface area contributed by atoms with Crippen LogP contribution in [0.3, 0.4) is 0 Å². The molecule has 0 aliphatic carbocycles. The molecule has 0 atom stereocenters. The molecule has 0 radical (unpaired) electrons. The number of hydrogen-bond acceptors (Lipinski definition) is 3. The summed E-state index contributed by atoms with van der Waals surface area (Å²) in [6.45, 7) is 0. The highest BCUT2D eigenvalue weighted by atomic mass is 79.9. The van der Waals surface area contributed by atoms with E-state index in [1.807, 2.05) is 0 Å². The third-order valence-corrected chi connectivity index (χ3v) is 3.56. The predicted octanol–water partition coefficient (Wildman–Crippen LogP) is 1.93. The highest BCUT2D eigenvalue weighted by Crippen LogP contribution is 2.26. The number of aliphatic carboxylic acids is 1. The van der Waals surface area contributed by atoms with Gasteiger partial charge in [-0.25, -0.2) is 8.42 Å². The number of benzene rings is 1. The quantitative estimate of drug-likeness (QED) is 0.884. The summed E-state index contributed by atoms with van der Waals surface area (Å²) in [4.78, 5) is 10.3. The van der Waals surface area contributed by atoms with E-state index in [-0.39, 0.29) is 5.69 Å². The van der Waals surface area contributed by atoms with Gasteiger partial charge in [0.15, 0.2) is 5.75 Å². The zero-order valence-electron chi connectivity index (χ0n) is 7.78. The standard InChI is InChI=1S/C8H7BrClNO4S/c9-6-3-5(10)1-2-7(6)11-16(14,15)4-8(12)13/h1-3,11H,4H2,(H,12,13). The first kappa shape index (κ1) is 13.3. The Morgan fingerprint density at radius 2 is 2.12 bits per heavy atom. The van der Waals surface area contributed by atoms with Crippen LogP contribution in [-0.4, -0.2) is 25.2 Å². The molecule has 16 heavy (non-hydrogen) atoms. The van der Waals surface area contributed by atoms with Gasteiger partial charge in [-0.2, -0.15) is 0 Å². The highest BCUT2D eigenvalue weighted by Gasteiger charge is 2.16. The van der Waals surface area contributed by atoms with E-state index in [1.54, 1.807) is 0 Å². The fourth-order valence-corrected chi connectivity index (χ4v) is 2.76. The van der Waals surface area contributed by atoms with Crippen LogP contribution in [0.4, 0.5) is 5.69 Å². The van der Waals surface area contributed by atoms with Crippen molar-refractivity contribution < 1.29 is 18.3 Å². The first-order valence-electron chi connectivity index (χ1n) is 3.97. The van der Waals surface area contributed by atoms with Crippen LogP contribution in [0.5, 0.6) is 0 Å². The molecule has 0 aliphatic rings. The first-order chi connectivity index (χ1) is 7.30. The summed E-state index contributed by atoms with van der Waals surface area (Å²) in [6.07, 6.45) is 0. The van der Waals surface area contributed by atoms with E-state index < -0.39 is 21.7 Å². The topological polar surface area (TPSA) is 83.5 Å². The number of nitrogens with one attached hydrogen (secondary N) is 1. The van der Waals surface area contributed by atoms with Crippen LogP contribution < -0.4 is 4.72 Å². The number of carboxylic acids is 1. The third kappa shape index (κ3) is 3.99. The van der Waals surface area contributed by atoms with Crippen LogP contribution >= 0.6 is 27.5 Å². The lowest BCUT2D eigenvalue weighted by Gasteiger charge is -2.08. The highest BCUT2D eigenvalue weighted by molar-refractivity contribution is 9.10. The molecule has 0 amide bonds. The number of sulfonamides is 1.